The second kappa shape index (κ2) is 5.65. The number of rotatable bonds is 6. The van der Waals surface area contributed by atoms with Crippen LogP contribution in [0.5, 0.6) is 0 Å². The van der Waals surface area contributed by atoms with Gasteiger partial charge in [0.05, 0.1) is 11.4 Å². The Kier molecular flexibility index (Phi) is 4.71. The molecule has 4 nitrogen and oxygen atoms in total. The standard InChI is InChI=1S/C13H26N4/c1-6-17(10-13(3,4)9-14)8-12-7-11(2)15-16(12)5/h7H,6,8-10,14H2,1-5H3. The number of nitrogens with zero attached hydrogens (tertiary/aromatic N) is 3. The molecule has 0 unspecified atom stereocenters. The fourth-order valence-corrected chi connectivity index (χ4v) is 1.99. The highest BCUT2D eigenvalue weighted by Gasteiger charge is 2.20. The average molecular weight is 238 g/mol. The summed E-state index contributed by atoms with van der Waals surface area (Å²) in [5.41, 5.74) is 8.30. The summed E-state index contributed by atoms with van der Waals surface area (Å²) in [6.07, 6.45) is 0. The first-order valence-corrected chi connectivity index (χ1v) is 6.30. The maximum atomic E-state index is 5.79. The molecule has 98 valence electrons. The van der Waals surface area contributed by atoms with Gasteiger partial charge in [0, 0.05) is 20.1 Å². The summed E-state index contributed by atoms with van der Waals surface area (Å²) >= 11 is 0. The Morgan fingerprint density at radius 3 is 2.53 bits per heavy atom. The summed E-state index contributed by atoms with van der Waals surface area (Å²) < 4.78 is 1.97. The molecule has 0 atom stereocenters. The zero-order valence-electron chi connectivity index (χ0n) is 11.8. The summed E-state index contributed by atoms with van der Waals surface area (Å²) in [6, 6.07) is 2.15. The molecule has 17 heavy (non-hydrogen) atoms. The maximum Gasteiger partial charge on any atom is 0.0597 e. The van der Waals surface area contributed by atoms with Crippen LogP contribution in [0.2, 0.25) is 0 Å². The molecule has 0 saturated carbocycles. The molecular formula is C13H26N4. The molecule has 0 saturated heterocycles. The SMILES string of the molecule is CCN(Cc1cc(C)nn1C)CC(C)(C)CN. The molecule has 0 aliphatic rings. The van der Waals surface area contributed by atoms with E-state index in [1.165, 1.54) is 5.69 Å². The van der Waals surface area contributed by atoms with Crippen molar-refractivity contribution in [3.63, 3.8) is 0 Å². The smallest absolute Gasteiger partial charge is 0.0597 e. The van der Waals surface area contributed by atoms with E-state index in [1.54, 1.807) is 0 Å². The number of hydrogen-bond donors (Lipinski definition) is 1. The van der Waals surface area contributed by atoms with Crippen molar-refractivity contribution < 1.29 is 0 Å². The number of aromatic nitrogens is 2. The van der Waals surface area contributed by atoms with Gasteiger partial charge in [0.15, 0.2) is 0 Å². The highest BCUT2D eigenvalue weighted by Crippen LogP contribution is 2.16. The first kappa shape index (κ1) is 14.2. The third-order valence-electron chi connectivity index (χ3n) is 3.14. The number of aryl methyl sites for hydroxylation is 2. The molecule has 0 aromatic carbocycles. The van der Waals surface area contributed by atoms with Crippen molar-refractivity contribution in [2.75, 3.05) is 19.6 Å². The van der Waals surface area contributed by atoms with Crippen molar-refractivity contribution in [2.45, 2.75) is 34.2 Å². The van der Waals surface area contributed by atoms with Gasteiger partial charge in [-0.2, -0.15) is 5.10 Å². The van der Waals surface area contributed by atoms with E-state index in [2.05, 4.69) is 36.8 Å². The van der Waals surface area contributed by atoms with Gasteiger partial charge in [-0.05, 0) is 31.5 Å². The van der Waals surface area contributed by atoms with Crippen LogP contribution in [0, 0.1) is 12.3 Å². The molecule has 1 heterocycles. The molecular weight excluding hydrogens is 212 g/mol. The van der Waals surface area contributed by atoms with Crippen LogP contribution in [0.3, 0.4) is 0 Å². The van der Waals surface area contributed by atoms with Crippen LogP contribution >= 0.6 is 0 Å². The lowest BCUT2D eigenvalue weighted by molar-refractivity contribution is 0.180. The molecule has 0 aliphatic carbocycles. The van der Waals surface area contributed by atoms with Crippen LogP contribution in [0.25, 0.3) is 0 Å². The van der Waals surface area contributed by atoms with Crippen LogP contribution in [0.15, 0.2) is 6.07 Å². The van der Waals surface area contributed by atoms with Crippen LogP contribution in [0.1, 0.15) is 32.2 Å². The van der Waals surface area contributed by atoms with Crippen LogP contribution in [-0.2, 0) is 13.6 Å². The fourth-order valence-electron chi connectivity index (χ4n) is 1.99. The molecule has 2 N–H and O–H groups in total. The number of nitrogens with two attached hydrogens (primary N) is 1. The minimum Gasteiger partial charge on any atom is -0.330 e. The second-order valence-electron chi connectivity index (χ2n) is 5.57. The summed E-state index contributed by atoms with van der Waals surface area (Å²) in [5.74, 6) is 0. The quantitative estimate of drug-likeness (QED) is 0.817. The Morgan fingerprint density at radius 1 is 1.47 bits per heavy atom. The lowest BCUT2D eigenvalue weighted by Gasteiger charge is -2.30. The summed E-state index contributed by atoms with van der Waals surface area (Å²) in [7, 11) is 2.00. The molecule has 0 radical (unpaired) electrons. The molecule has 1 rings (SSSR count). The molecule has 0 aliphatic heterocycles. The van der Waals surface area contributed by atoms with E-state index in [9.17, 15) is 0 Å². The second-order valence-corrected chi connectivity index (χ2v) is 5.57. The Bertz CT molecular complexity index is 354. The Hall–Kier alpha value is -0.870. The molecule has 1 aromatic heterocycles. The summed E-state index contributed by atoms with van der Waals surface area (Å²) in [6.45, 7) is 12.4. The zero-order valence-corrected chi connectivity index (χ0v) is 11.8. The molecule has 0 fully saturated rings. The van der Waals surface area contributed by atoms with E-state index in [0.717, 1.165) is 25.3 Å². The van der Waals surface area contributed by atoms with Gasteiger partial charge in [-0.25, -0.2) is 0 Å². The van der Waals surface area contributed by atoms with Crippen LogP contribution in [-0.4, -0.2) is 34.3 Å². The Labute approximate surface area is 105 Å². The van der Waals surface area contributed by atoms with E-state index >= 15 is 0 Å². The molecule has 0 spiro atoms. The predicted molar refractivity (Wildman–Crippen MR) is 71.7 cm³/mol. The van der Waals surface area contributed by atoms with Gasteiger partial charge in [0.25, 0.3) is 0 Å². The van der Waals surface area contributed by atoms with Crippen molar-refractivity contribution in [3.8, 4) is 0 Å². The van der Waals surface area contributed by atoms with E-state index in [-0.39, 0.29) is 5.41 Å². The van der Waals surface area contributed by atoms with Crippen molar-refractivity contribution >= 4 is 0 Å². The molecule has 0 bridgehead atoms. The lowest BCUT2D eigenvalue weighted by Crippen LogP contribution is -2.38. The van der Waals surface area contributed by atoms with Crippen molar-refractivity contribution in [1.29, 1.82) is 0 Å². The van der Waals surface area contributed by atoms with Gasteiger partial charge in [0.1, 0.15) is 0 Å². The van der Waals surface area contributed by atoms with Crippen molar-refractivity contribution in [2.24, 2.45) is 18.2 Å². The van der Waals surface area contributed by atoms with Gasteiger partial charge in [-0.3, -0.25) is 9.58 Å². The van der Waals surface area contributed by atoms with Crippen molar-refractivity contribution in [3.05, 3.63) is 17.5 Å². The first-order valence-electron chi connectivity index (χ1n) is 6.30. The van der Waals surface area contributed by atoms with Gasteiger partial charge >= 0.3 is 0 Å². The van der Waals surface area contributed by atoms with Crippen LogP contribution < -0.4 is 5.73 Å². The van der Waals surface area contributed by atoms with Gasteiger partial charge in [-0.15, -0.1) is 0 Å². The fraction of sp³-hybridized carbons (Fsp3) is 0.769. The topological polar surface area (TPSA) is 47.1 Å². The Balaban J connectivity index is 2.67. The zero-order chi connectivity index (χ0) is 13.1. The monoisotopic (exact) mass is 238 g/mol. The van der Waals surface area contributed by atoms with E-state index in [4.69, 9.17) is 5.73 Å². The minimum absolute atomic E-state index is 0.170. The summed E-state index contributed by atoms with van der Waals surface area (Å²) in [5, 5.41) is 4.38. The van der Waals surface area contributed by atoms with Gasteiger partial charge < -0.3 is 5.73 Å². The van der Waals surface area contributed by atoms with Crippen molar-refractivity contribution in [1.82, 2.24) is 14.7 Å². The average Bonchev–Trinajstić information content (AvgIpc) is 2.56. The minimum atomic E-state index is 0.170. The third-order valence-corrected chi connectivity index (χ3v) is 3.14. The third kappa shape index (κ3) is 4.13. The largest absolute Gasteiger partial charge is 0.330 e. The highest BCUT2D eigenvalue weighted by molar-refractivity contribution is 5.08. The Morgan fingerprint density at radius 2 is 2.12 bits per heavy atom. The highest BCUT2D eigenvalue weighted by atomic mass is 15.3. The number of hydrogen-bond acceptors (Lipinski definition) is 3. The predicted octanol–water partition coefficient (Wildman–Crippen LogP) is 1.54. The molecule has 1 aromatic rings. The molecule has 4 heteroatoms. The lowest BCUT2D eigenvalue weighted by atomic mass is 9.93. The summed E-state index contributed by atoms with van der Waals surface area (Å²) in [4.78, 5) is 2.42. The maximum absolute atomic E-state index is 5.79. The normalized spacial score (nSPS) is 12.4. The van der Waals surface area contributed by atoms with E-state index < -0.39 is 0 Å². The van der Waals surface area contributed by atoms with Crippen LogP contribution in [0.4, 0.5) is 0 Å². The van der Waals surface area contributed by atoms with E-state index in [0.29, 0.717) is 6.54 Å². The van der Waals surface area contributed by atoms with E-state index in [1.807, 2.05) is 18.7 Å². The van der Waals surface area contributed by atoms with Gasteiger partial charge in [-0.1, -0.05) is 20.8 Å². The van der Waals surface area contributed by atoms with Gasteiger partial charge in [0.2, 0.25) is 0 Å². The first-order chi connectivity index (χ1) is 7.88. The molecule has 0 amide bonds.